The predicted molar refractivity (Wildman–Crippen MR) is 124 cm³/mol. The predicted octanol–water partition coefficient (Wildman–Crippen LogP) is 3.96. The largest absolute Gasteiger partial charge is 0.492 e. The number of hydrogen-bond donors (Lipinski definition) is 3. The Hall–Kier alpha value is -2.93. The zero-order valence-electron chi connectivity index (χ0n) is 17.9. The number of benzene rings is 2. The molecule has 0 radical (unpaired) electrons. The Bertz CT molecular complexity index is 839. The van der Waals surface area contributed by atoms with E-state index in [1.807, 2.05) is 25.1 Å². The molecule has 164 valence electrons. The molecule has 0 aliphatic carbocycles. The van der Waals surface area contributed by atoms with Crippen LogP contribution in [0.5, 0.6) is 5.75 Å². The molecule has 4 N–H and O–H groups in total. The summed E-state index contributed by atoms with van der Waals surface area (Å²) in [6.45, 7) is 8.32. The van der Waals surface area contributed by atoms with Crippen molar-refractivity contribution in [1.82, 2.24) is 0 Å². The topological polar surface area (TPSA) is 101 Å². The minimum atomic E-state index is -0.687. The summed E-state index contributed by atoms with van der Waals surface area (Å²) >= 11 is 0. The van der Waals surface area contributed by atoms with Crippen LogP contribution in [0.1, 0.15) is 37.9 Å². The molecule has 0 fully saturated rings. The Morgan fingerprint density at radius 1 is 1.13 bits per heavy atom. The molecule has 8 heteroatoms. The number of nitrogen functional groups attached to an aromatic ring is 1. The number of carbonyl (C=O) groups excluding carboxylic acids is 1. The Morgan fingerprint density at radius 2 is 1.77 bits per heavy atom. The maximum absolute atomic E-state index is 12.5. The molecule has 0 aromatic heterocycles. The first kappa shape index (κ1) is 25.1. The lowest BCUT2D eigenvalue weighted by atomic mass is 10.0. The fourth-order valence-electron chi connectivity index (χ4n) is 3.11. The number of rotatable bonds is 10. The molecule has 0 aliphatic rings. The number of amidine groups is 1. The van der Waals surface area contributed by atoms with Crippen LogP contribution in [0, 0.1) is 5.41 Å². The average molecular weight is 435 g/mol. The number of esters is 1. The van der Waals surface area contributed by atoms with E-state index in [-0.39, 0.29) is 18.2 Å². The highest BCUT2D eigenvalue weighted by Crippen LogP contribution is 2.33. The molecule has 2 rings (SSSR count). The van der Waals surface area contributed by atoms with Crippen LogP contribution < -0.4 is 20.7 Å². The zero-order valence-corrected chi connectivity index (χ0v) is 18.7. The van der Waals surface area contributed by atoms with E-state index in [1.165, 1.54) is 7.11 Å². The van der Waals surface area contributed by atoms with Gasteiger partial charge in [-0.2, -0.15) is 0 Å². The first-order valence-corrected chi connectivity index (χ1v) is 9.75. The fourth-order valence-corrected chi connectivity index (χ4v) is 3.11. The number of carbonyl (C=O) groups is 1. The van der Waals surface area contributed by atoms with Gasteiger partial charge in [0.05, 0.1) is 19.4 Å². The number of hydrogen-bond acceptors (Lipinski definition) is 6. The van der Waals surface area contributed by atoms with Gasteiger partial charge in [-0.3, -0.25) is 5.41 Å². The molecule has 1 atom stereocenters. The highest BCUT2D eigenvalue weighted by Gasteiger charge is 2.23. The summed E-state index contributed by atoms with van der Waals surface area (Å²) in [6.07, 6.45) is 0. The van der Waals surface area contributed by atoms with Crippen molar-refractivity contribution in [3.05, 3.63) is 53.6 Å². The van der Waals surface area contributed by atoms with Gasteiger partial charge in [0.1, 0.15) is 11.6 Å². The Morgan fingerprint density at radius 3 is 2.27 bits per heavy atom. The summed E-state index contributed by atoms with van der Waals surface area (Å²) in [5, 5.41) is 10.7. The third kappa shape index (κ3) is 6.03. The van der Waals surface area contributed by atoms with Crippen molar-refractivity contribution in [2.75, 3.05) is 37.0 Å². The van der Waals surface area contributed by atoms with E-state index >= 15 is 0 Å². The van der Waals surface area contributed by atoms with E-state index in [1.54, 1.807) is 24.3 Å². The van der Waals surface area contributed by atoms with E-state index < -0.39 is 12.0 Å². The van der Waals surface area contributed by atoms with Crippen LogP contribution in [-0.4, -0.2) is 38.6 Å². The zero-order chi connectivity index (χ0) is 21.4. The smallest absolute Gasteiger partial charge is 0.332 e. The van der Waals surface area contributed by atoms with Crippen LogP contribution in [0.2, 0.25) is 0 Å². The van der Waals surface area contributed by atoms with Gasteiger partial charge in [0, 0.05) is 24.3 Å². The summed E-state index contributed by atoms with van der Waals surface area (Å²) in [5.74, 6) is 0.390. The fraction of sp³-hybridized carbons (Fsp3) is 0.364. The van der Waals surface area contributed by atoms with Gasteiger partial charge in [0.25, 0.3) is 0 Å². The van der Waals surface area contributed by atoms with Crippen LogP contribution in [0.25, 0.3) is 0 Å². The van der Waals surface area contributed by atoms with Gasteiger partial charge in [-0.25, -0.2) is 4.79 Å². The third-order valence-electron chi connectivity index (χ3n) is 4.66. The standard InChI is InChI=1S/C22H30N4O3.ClH/c1-5-26(6-2)18-14-16(10-13-19(18)29-7-3)20(22(27)28-4)25-17-11-8-15(9-12-17)21(23)24;/h8-14,20,25H,5-7H2,1-4H3,(H3,23,24);1H. The molecular formula is C22H31ClN4O3. The van der Waals surface area contributed by atoms with Crippen molar-refractivity contribution in [2.24, 2.45) is 5.73 Å². The normalized spacial score (nSPS) is 11.1. The first-order valence-electron chi connectivity index (χ1n) is 9.75. The van der Waals surface area contributed by atoms with Gasteiger partial charge in [0.2, 0.25) is 0 Å². The van der Waals surface area contributed by atoms with E-state index in [9.17, 15) is 4.79 Å². The summed E-state index contributed by atoms with van der Waals surface area (Å²) in [7, 11) is 1.37. The Kier molecular flexibility index (Phi) is 9.98. The molecule has 30 heavy (non-hydrogen) atoms. The van der Waals surface area contributed by atoms with E-state index in [2.05, 4.69) is 24.1 Å². The molecule has 0 bridgehead atoms. The number of nitrogens with zero attached hydrogens (tertiary/aromatic N) is 1. The van der Waals surface area contributed by atoms with Gasteiger partial charge in [-0.15, -0.1) is 12.4 Å². The lowest BCUT2D eigenvalue weighted by molar-refractivity contribution is -0.141. The highest BCUT2D eigenvalue weighted by atomic mass is 35.5. The summed E-state index contributed by atoms with van der Waals surface area (Å²) < 4.78 is 10.8. The van der Waals surface area contributed by atoms with Crippen molar-refractivity contribution < 1.29 is 14.3 Å². The molecule has 0 amide bonds. The van der Waals surface area contributed by atoms with Crippen LogP contribution in [0.3, 0.4) is 0 Å². The number of anilines is 2. The average Bonchev–Trinajstić information content (AvgIpc) is 2.74. The van der Waals surface area contributed by atoms with Gasteiger partial charge in [-0.05, 0) is 62.7 Å². The van der Waals surface area contributed by atoms with E-state index in [0.717, 1.165) is 35.8 Å². The Labute approximate surface area is 184 Å². The van der Waals surface area contributed by atoms with Crippen LogP contribution >= 0.6 is 12.4 Å². The van der Waals surface area contributed by atoms with Crippen molar-refractivity contribution in [3.8, 4) is 5.75 Å². The minimum Gasteiger partial charge on any atom is -0.492 e. The molecule has 7 nitrogen and oxygen atoms in total. The first-order chi connectivity index (χ1) is 13.9. The van der Waals surface area contributed by atoms with Crippen LogP contribution in [0.4, 0.5) is 11.4 Å². The maximum Gasteiger partial charge on any atom is 0.332 e. The Balaban J connectivity index is 0.00000450. The molecule has 0 spiro atoms. The summed E-state index contributed by atoms with van der Waals surface area (Å²) in [4.78, 5) is 14.7. The van der Waals surface area contributed by atoms with Crippen molar-refractivity contribution >= 4 is 35.6 Å². The van der Waals surface area contributed by atoms with Gasteiger partial charge in [0.15, 0.2) is 6.04 Å². The van der Waals surface area contributed by atoms with Crippen molar-refractivity contribution in [3.63, 3.8) is 0 Å². The molecule has 1 unspecified atom stereocenters. The van der Waals surface area contributed by atoms with Crippen LogP contribution in [0.15, 0.2) is 42.5 Å². The number of halogens is 1. The third-order valence-corrected chi connectivity index (χ3v) is 4.66. The van der Waals surface area contributed by atoms with Gasteiger partial charge < -0.3 is 25.4 Å². The molecule has 0 heterocycles. The maximum atomic E-state index is 12.5. The molecular weight excluding hydrogens is 404 g/mol. The number of ether oxygens (including phenoxy) is 2. The molecule has 0 saturated heterocycles. The second-order valence-electron chi connectivity index (χ2n) is 6.42. The van der Waals surface area contributed by atoms with E-state index in [0.29, 0.717) is 12.2 Å². The summed E-state index contributed by atoms with van der Waals surface area (Å²) in [6, 6.07) is 12.1. The van der Waals surface area contributed by atoms with Crippen molar-refractivity contribution in [2.45, 2.75) is 26.8 Å². The van der Waals surface area contributed by atoms with Crippen molar-refractivity contribution in [1.29, 1.82) is 5.41 Å². The quantitative estimate of drug-likeness (QED) is 0.297. The minimum absolute atomic E-state index is 0. The summed E-state index contributed by atoms with van der Waals surface area (Å²) in [5.41, 5.74) is 8.57. The van der Waals surface area contributed by atoms with Crippen LogP contribution in [-0.2, 0) is 9.53 Å². The highest BCUT2D eigenvalue weighted by molar-refractivity contribution is 5.95. The molecule has 0 aliphatic heterocycles. The second-order valence-corrected chi connectivity index (χ2v) is 6.42. The number of methoxy groups -OCH3 is 1. The molecule has 0 saturated carbocycles. The van der Waals surface area contributed by atoms with E-state index in [4.69, 9.17) is 20.6 Å². The lowest BCUT2D eigenvalue weighted by Gasteiger charge is -2.26. The SMILES string of the molecule is CCOc1ccc(C(Nc2ccc(C(=N)N)cc2)C(=O)OC)cc1N(CC)CC.Cl. The van der Waals surface area contributed by atoms with Gasteiger partial charge in [-0.1, -0.05) is 6.07 Å². The lowest BCUT2D eigenvalue weighted by Crippen LogP contribution is -2.25. The number of nitrogens with one attached hydrogen (secondary N) is 2. The monoisotopic (exact) mass is 434 g/mol. The second kappa shape index (κ2) is 11.9. The number of nitrogens with two attached hydrogens (primary N) is 1. The molecule has 2 aromatic carbocycles. The molecule has 2 aromatic rings. The van der Waals surface area contributed by atoms with Gasteiger partial charge >= 0.3 is 5.97 Å².